The second-order valence-electron chi connectivity index (χ2n) is 6.33. The molecule has 0 aliphatic rings. The molecule has 1 amide bonds. The van der Waals surface area contributed by atoms with Crippen molar-refractivity contribution < 1.29 is 14.3 Å². The van der Waals surface area contributed by atoms with Crippen LogP contribution in [-0.4, -0.2) is 17.8 Å². The lowest BCUT2D eigenvalue weighted by atomic mass is 10.1. The summed E-state index contributed by atoms with van der Waals surface area (Å²) >= 11 is 0. The highest BCUT2D eigenvalue weighted by Gasteiger charge is 2.16. The third-order valence-corrected chi connectivity index (χ3v) is 2.70. The van der Waals surface area contributed by atoms with Gasteiger partial charge in [-0.1, -0.05) is 6.07 Å². The summed E-state index contributed by atoms with van der Waals surface area (Å²) in [4.78, 5) is 11.8. The smallest absolute Gasteiger partial charge is 0.412 e. The number of hydrogen-bond donors (Lipinski definition) is 1. The highest BCUT2D eigenvalue weighted by atomic mass is 16.6. The molecule has 116 valence electrons. The molecule has 0 heterocycles. The molecule has 0 aliphatic carbocycles. The fourth-order valence-corrected chi connectivity index (χ4v) is 1.96. The Labute approximate surface area is 131 Å². The minimum atomic E-state index is -0.532. The first-order valence-electron chi connectivity index (χ1n) is 7.27. The fraction of sp³-hybridized carbons (Fsp3) is 0.389. The zero-order valence-electron chi connectivity index (χ0n) is 13.6. The first kappa shape index (κ1) is 16.1. The van der Waals surface area contributed by atoms with Gasteiger partial charge in [-0.2, -0.15) is 0 Å². The molecule has 0 fully saturated rings. The maximum atomic E-state index is 11.8. The molecule has 2 radical (unpaired) electrons. The van der Waals surface area contributed by atoms with Crippen LogP contribution in [0.4, 0.5) is 10.5 Å². The number of nitrogens with one attached hydrogen (secondary N) is 1. The van der Waals surface area contributed by atoms with Gasteiger partial charge in [-0.15, -0.1) is 0 Å². The molecular weight excluding hydrogens is 278 g/mol. The van der Waals surface area contributed by atoms with Gasteiger partial charge in [0.2, 0.25) is 0 Å². The third kappa shape index (κ3) is 4.38. The molecule has 2 aromatic carbocycles. The molecule has 2 aromatic rings. The van der Waals surface area contributed by atoms with Crippen molar-refractivity contribution in [2.45, 2.75) is 46.3 Å². The maximum Gasteiger partial charge on any atom is 0.412 e. The second kappa shape index (κ2) is 6.26. The molecule has 0 unspecified atom stereocenters. The number of hydrogen-bond acceptors (Lipinski definition) is 3. The summed E-state index contributed by atoms with van der Waals surface area (Å²) in [6, 6.07) is 13.2. The Morgan fingerprint density at radius 2 is 2.00 bits per heavy atom. The lowest BCUT2D eigenvalue weighted by Crippen LogP contribution is -2.27. The molecule has 22 heavy (non-hydrogen) atoms. The van der Waals surface area contributed by atoms with Gasteiger partial charge < -0.3 is 9.47 Å². The summed E-state index contributed by atoms with van der Waals surface area (Å²) in [7, 11) is 0. The molecule has 1 N–H and O–H groups in total. The Bertz CT molecular complexity index is 672. The summed E-state index contributed by atoms with van der Waals surface area (Å²) in [5.41, 5.74) is 0.116. The van der Waals surface area contributed by atoms with E-state index in [2.05, 4.69) is 17.4 Å². The van der Waals surface area contributed by atoms with Gasteiger partial charge in [0.25, 0.3) is 0 Å². The number of carbonyl (C=O) groups is 1. The van der Waals surface area contributed by atoms with E-state index in [0.717, 1.165) is 16.5 Å². The maximum absolute atomic E-state index is 11.8. The Morgan fingerprint density at radius 3 is 2.64 bits per heavy atom. The van der Waals surface area contributed by atoms with E-state index in [-0.39, 0.29) is 6.10 Å². The van der Waals surface area contributed by atoms with Crippen molar-refractivity contribution in [2.24, 2.45) is 0 Å². The zero-order valence-corrected chi connectivity index (χ0v) is 13.6. The van der Waals surface area contributed by atoms with Gasteiger partial charge in [0.05, 0.1) is 6.10 Å². The molecule has 0 spiro atoms. The lowest BCUT2D eigenvalue weighted by molar-refractivity contribution is 0.0636. The number of benzene rings is 2. The van der Waals surface area contributed by atoms with Crippen LogP contribution in [-0.2, 0) is 4.74 Å². The van der Waals surface area contributed by atoms with E-state index in [9.17, 15) is 4.79 Å². The molecular formula is C18H21NO3. The van der Waals surface area contributed by atoms with Crippen LogP contribution in [0, 0.1) is 12.1 Å². The zero-order chi connectivity index (χ0) is 16.3. The first-order chi connectivity index (χ1) is 10.2. The van der Waals surface area contributed by atoms with Crippen molar-refractivity contribution in [3.05, 3.63) is 36.4 Å². The van der Waals surface area contributed by atoms with Crippen LogP contribution in [0.3, 0.4) is 0 Å². The monoisotopic (exact) mass is 299 g/mol. The van der Waals surface area contributed by atoms with Gasteiger partial charge >= 0.3 is 6.09 Å². The molecule has 0 aromatic heterocycles. The van der Waals surface area contributed by atoms with Crippen molar-refractivity contribution in [1.29, 1.82) is 0 Å². The predicted molar refractivity (Wildman–Crippen MR) is 87.2 cm³/mol. The summed E-state index contributed by atoms with van der Waals surface area (Å²) in [6.45, 7) is 9.40. The van der Waals surface area contributed by atoms with Gasteiger partial charge in [0.1, 0.15) is 11.4 Å². The van der Waals surface area contributed by atoms with Gasteiger partial charge in [0, 0.05) is 11.1 Å². The SMILES string of the molecule is CC(C)Oc1c[c][c]c2ccc(NC(=O)OC(C)(C)C)cc12. The molecule has 0 bridgehead atoms. The number of fused-ring (bicyclic) bond motifs is 1. The van der Waals surface area contributed by atoms with Gasteiger partial charge in [-0.3, -0.25) is 5.32 Å². The molecule has 0 saturated carbocycles. The van der Waals surface area contributed by atoms with Gasteiger partial charge in [-0.05, 0) is 70.3 Å². The molecule has 4 heteroatoms. The predicted octanol–water partition coefficient (Wildman–Crippen LogP) is 4.57. The number of carbonyl (C=O) groups excluding carboxylic acids is 1. The van der Waals surface area contributed by atoms with E-state index in [0.29, 0.717) is 5.69 Å². The third-order valence-electron chi connectivity index (χ3n) is 2.70. The first-order valence-corrected chi connectivity index (χ1v) is 7.27. The van der Waals surface area contributed by atoms with Crippen molar-refractivity contribution in [3.8, 4) is 5.75 Å². The Morgan fingerprint density at radius 1 is 1.27 bits per heavy atom. The highest BCUT2D eigenvalue weighted by Crippen LogP contribution is 2.28. The van der Waals surface area contributed by atoms with Crippen molar-refractivity contribution in [2.75, 3.05) is 5.32 Å². The number of amides is 1. The Hall–Kier alpha value is -2.23. The summed E-state index contributed by atoms with van der Waals surface area (Å²) < 4.78 is 11.0. The van der Waals surface area contributed by atoms with E-state index < -0.39 is 11.7 Å². The van der Waals surface area contributed by atoms with Gasteiger partial charge in [0.15, 0.2) is 0 Å². The summed E-state index contributed by atoms with van der Waals surface area (Å²) in [5.74, 6) is 0.719. The van der Waals surface area contributed by atoms with E-state index in [1.54, 1.807) is 12.1 Å². The highest BCUT2D eigenvalue weighted by molar-refractivity contribution is 5.94. The van der Waals surface area contributed by atoms with Crippen LogP contribution in [0.2, 0.25) is 0 Å². The van der Waals surface area contributed by atoms with Crippen LogP contribution in [0.25, 0.3) is 10.8 Å². The molecule has 0 saturated heterocycles. The summed E-state index contributed by atoms with van der Waals surface area (Å²) in [5, 5.41) is 4.49. The largest absolute Gasteiger partial charge is 0.490 e. The average molecular weight is 299 g/mol. The molecule has 0 aliphatic heterocycles. The standard InChI is InChI=1S/C18H21NO3/c1-12(2)21-16-8-6-7-13-9-10-14(11-15(13)16)19-17(20)22-18(3,4)5/h8-12H,1-5H3,(H,19,20). The topological polar surface area (TPSA) is 47.6 Å². The van der Waals surface area contributed by atoms with Crippen LogP contribution >= 0.6 is 0 Å². The van der Waals surface area contributed by atoms with Crippen LogP contribution in [0.1, 0.15) is 34.6 Å². The van der Waals surface area contributed by atoms with E-state index in [4.69, 9.17) is 9.47 Å². The second-order valence-corrected chi connectivity index (χ2v) is 6.33. The Balaban J connectivity index is 2.27. The van der Waals surface area contributed by atoms with Crippen molar-refractivity contribution >= 4 is 22.6 Å². The normalized spacial score (nSPS) is 11.5. The van der Waals surface area contributed by atoms with Crippen LogP contribution < -0.4 is 10.1 Å². The number of rotatable bonds is 3. The minimum Gasteiger partial charge on any atom is -0.490 e. The summed E-state index contributed by atoms with van der Waals surface area (Å²) in [6.07, 6.45) is -0.425. The quantitative estimate of drug-likeness (QED) is 0.902. The number of anilines is 1. The van der Waals surface area contributed by atoms with E-state index in [1.165, 1.54) is 0 Å². The molecule has 4 nitrogen and oxygen atoms in total. The number of ether oxygens (including phenoxy) is 2. The Kier molecular flexibility index (Phi) is 4.59. The molecule has 2 rings (SSSR count). The van der Waals surface area contributed by atoms with E-state index >= 15 is 0 Å². The van der Waals surface area contributed by atoms with Gasteiger partial charge in [-0.25, -0.2) is 4.79 Å². The lowest BCUT2D eigenvalue weighted by Gasteiger charge is -2.20. The van der Waals surface area contributed by atoms with E-state index in [1.807, 2.05) is 46.8 Å². The fourth-order valence-electron chi connectivity index (χ4n) is 1.96. The van der Waals surface area contributed by atoms with Crippen molar-refractivity contribution in [3.63, 3.8) is 0 Å². The van der Waals surface area contributed by atoms with Crippen LogP contribution in [0.15, 0.2) is 24.3 Å². The average Bonchev–Trinajstić information content (AvgIpc) is 2.36. The van der Waals surface area contributed by atoms with Crippen molar-refractivity contribution in [1.82, 2.24) is 0 Å². The molecule has 0 atom stereocenters. The van der Waals surface area contributed by atoms with Crippen LogP contribution in [0.5, 0.6) is 5.75 Å². The minimum absolute atomic E-state index is 0.0569.